The second-order valence-electron chi connectivity index (χ2n) is 4.30. The molecule has 17 heavy (non-hydrogen) atoms. The molecule has 0 saturated heterocycles. The van der Waals surface area contributed by atoms with Gasteiger partial charge in [-0.05, 0) is 37.3 Å². The smallest absolute Gasteiger partial charge is 0.224 e. The second-order valence-corrected chi connectivity index (χ2v) is 4.64. The molecule has 0 amide bonds. The minimum Gasteiger partial charge on any atom is -0.393 e. The van der Waals surface area contributed by atoms with E-state index in [1.54, 1.807) is 6.20 Å². The largest absolute Gasteiger partial charge is 0.393 e. The number of hydrogen-bond donors (Lipinski definition) is 3. The van der Waals surface area contributed by atoms with Gasteiger partial charge in [-0.15, -0.1) is 0 Å². The highest BCUT2D eigenvalue weighted by atomic mass is 35.5. The van der Waals surface area contributed by atoms with Gasteiger partial charge in [0.2, 0.25) is 5.28 Å². The van der Waals surface area contributed by atoms with Crippen molar-refractivity contribution in [3.63, 3.8) is 0 Å². The predicted octanol–water partition coefficient (Wildman–Crippen LogP) is 1.89. The molecule has 0 atom stereocenters. The first kappa shape index (κ1) is 12.4. The molecule has 1 aliphatic carbocycles. The zero-order valence-electron chi connectivity index (χ0n) is 9.78. The van der Waals surface area contributed by atoms with Gasteiger partial charge in [0.15, 0.2) is 5.82 Å². The van der Waals surface area contributed by atoms with Gasteiger partial charge in [-0.1, -0.05) is 0 Å². The van der Waals surface area contributed by atoms with Crippen LogP contribution in [0.2, 0.25) is 5.28 Å². The molecule has 0 aliphatic heterocycles. The molecule has 5 nitrogen and oxygen atoms in total. The first-order chi connectivity index (χ1) is 8.19. The number of anilines is 2. The Morgan fingerprint density at radius 2 is 2.06 bits per heavy atom. The van der Waals surface area contributed by atoms with E-state index in [1.165, 1.54) is 0 Å². The Morgan fingerprint density at radius 1 is 1.35 bits per heavy atom. The highest BCUT2D eigenvalue weighted by Gasteiger charge is 2.20. The lowest BCUT2D eigenvalue weighted by molar-refractivity contribution is 0.126. The standard InChI is InChI=1S/C11H17ClN4O/c1-13-9-6-14-11(12)16-10(9)15-7-2-4-8(17)5-3-7/h6-8,13,17H,2-5H2,1H3,(H,14,15,16). The van der Waals surface area contributed by atoms with E-state index < -0.39 is 0 Å². The van der Waals surface area contributed by atoms with Gasteiger partial charge in [-0.3, -0.25) is 0 Å². The molecule has 1 aromatic rings. The molecular formula is C11H17ClN4O. The van der Waals surface area contributed by atoms with Crippen molar-refractivity contribution in [2.45, 2.75) is 37.8 Å². The van der Waals surface area contributed by atoms with Crippen molar-refractivity contribution >= 4 is 23.1 Å². The number of aromatic nitrogens is 2. The lowest BCUT2D eigenvalue weighted by Gasteiger charge is -2.27. The maximum absolute atomic E-state index is 9.45. The normalized spacial score (nSPS) is 24.4. The molecule has 1 heterocycles. The van der Waals surface area contributed by atoms with Crippen LogP contribution >= 0.6 is 11.6 Å². The third-order valence-electron chi connectivity index (χ3n) is 3.07. The lowest BCUT2D eigenvalue weighted by Crippen LogP contribution is -2.28. The Labute approximate surface area is 106 Å². The van der Waals surface area contributed by atoms with Crippen molar-refractivity contribution in [3.05, 3.63) is 11.5 Å². The monoisotopic (exact) mass is 256 g/mol. The van der Waals surface area contributed by atoms with Crippen molar-refractivity contribution in [2.24, 2.45) is 0 Å². The van der Waals surface area contributed by atoms with Crippen LogP contribution < -0.4 is 10.6 Å². The molecule has 2 rings (SSSR count). The molecule has 1 saturated carbocycles. The molecular weight excluding hydrogens is 240 g/mol. The molecule has 3 N–H and O–H groups in total. The van der Waals surface area contributed by atoms with Gasteiger partial charge in [-0.2, -0.15) is 4.98 Å². The van der Waals surface area contributed by atoms with E-state index in [2.05, 4.69) is 20.6 Å². The summed E-state index contributed by atoms with van der Waals surface area (Å²) >= 11 is 5.78. The quantitative estimate of drug-likeness (QED) is 0.721. The van der Waals surface area contributed by atoms with E-state index in [0.29, 0.717) is 6.04 Å². The van der Waals surface area contributed by atoms with Crippen LogP contribution in [0.5, 0.6) is 0 Å². The molecule has 0 radical (unpaired) electrons. The summed E-state index contributed by atoms with van der Waals surface area (Å²) in [5, 5.41) is 16.1. The highest BCUT2D eigenvalue weighted by molar-refractivity contribution is 6.28. The summed E-state index contributed by atoms with van der Waals surface area (Å²) in [6.07, 6.45) is 5.09. The Balaban J connectivity index is 2.04. The summed E-state index contributed by atoms with van der Waals surface area (Å²) < 4.78 is 0. The lowest BCUT2D eigenvalue weighted by atomic mass is 9.93. The van der Waals surface area contributed by atoms with Gasteiger partial charge >= 0.3 is 0 Å². The molecule has 1 aliphatic rings. The van der Waals surface area contributed by atoms with E-state index in [-0.39, 0.29) is 11.4 Å². The van der Waals surface area contributed by atoms with Crippen LogP contribution in [0.1, 0.15) is 25.7 Å². The van der Waals surface area contributed by atoms with E-state index in [4.69, 9.17) is 11.6 Å². The molecule has 6 heteroatoms. The van der Waals surface area contributed by atoms with Gasteiger partial charge in [0.05, 0.1) is 18.0 Å². The van der Waals surface area contributed by atoms with Crippen molar-refractivity contribution in [1.82, 2.24) is 9.97 Å². The Kier molecular flexibility index (Phi) is 4.02. The van der Waals surface area contributed by atoms with Crippen LogP contribution in [-0.2, 0) is 0 Å². The fourth-order valence-corrected chi connectivity index (χ4v) is 2.20. The van der Waals surface area contributed by atoms with Crippen LogP contribution in [0.15, 0.2) is 6.20 Å². The maximum atomic E-state index is 9.45. The number of halogens is 1. The summed E-state index contributed by atoms with van der Waals surface area (Å²) in [4.78, 5) is 8.10. The van der Waals surface area contributed by atoms with Crippen LogP contribution in [-0.4, -0.2) is 34.3 Å². The zero-order chi connectivity index (χ0) is 12.3. The predicted molar refractivity (Wildman–Crippen MR) is 68.5 cm³/mol. The Bertz CT molecular complexity index is 380. The zero-order valence-corrected chi connectivity index (χ0v) is 10.5. The fourth-order valence-electron chi connectivity index (χ4n) is 2.07. The summed E-state index contributed by atoms with van der Waals surface area (Å²) in [6, 6.07) is 0.344. The van der Waals surface area contributed by atoms with Gasteiger partial charge in [-0.25, -0.2) is 4.98 Å². The SMILES string of the molecule is CNc1cnc(Cl)nc1NC1CCC(O)CC1. The summed E-state index contributed by atoms with van der Waals surface area (Å²) in [6.45, 7) is 0. The number of hydrogen-bond acceptors (Lipinski definition) is 5. The van der Waals surface area contributed by atoms with Crippen molar-refractivity contribution in [2.75, 3.05) is 17.7 Å². The number of rotatable bonds is 3. The average Bonchev–Trinajstić information content (AvgIpc) is 2.32. The third-order valence-corrected chi connectivity index (χ3v) is 3.25. The summed E-state index contributed by atoms with van der Waals surface area (Å²) in [5.74, 6) is 0.730. The van der Waals surface area contributed by atoms with E-state index in [0.717, 1.165) is 37.2 Å². The maximum Gasteiger partial charge on any atom is 0.224 e. The Morgan fingerprint density at radius 3 is 2.71 bits per heavy atom. The number of nitrogens with one attached hydrogen (secondary N) is 2. The van der Waals surface area contributed by atoms with Crippen LogP contribution in [0.25, 0.3) is 0 Å². The first-order valence-corrected chi connectivity index (χ1v) is 6.21. The van der Waals surface area contributed by atoms with Crippen LogP contribution in [0.4, 0.5) is 11.5 Å². The number of aliphatic hydroxyl groups is 1. The third kappa shape index (κ3) is 3.20. The van der Waals surface area contributed by atoms with Crippen LogP contribution in [0.3, 0.4) is 0 Å². The molecule has 94 valence electrons. The molecule has 0 unspecified atom stereocenters. The molecule has 0 spiro atoms. The van der Waals surface area contributed by atoms with Gasteiger partial charge in [0.25, 0.3) is 0 Å². The van der Waals surface area contributed by atoms with Crippen molar-refractivity contribution in [3.8, 4) is 0 Å². The summed E-state index contributed by atoms with van der Waals surface area (Å²) in [7, 11) is 1.82. The second kappa shape index (κ2) is 5.51. The summed E-state index contributed by atoms with van der Waals surface area (Å²) in [5.41, 5.74) is 0.834. The molecule has 0 aromatic carbocycles. The van der Waals surface area contributed by atoms with Gasteiger partial charge in [0.1, 0.15) is 0 Å². The fraction of sp³-hybridized carbons (Fsp3) is 0.636. The number of aliphatic hydroxyl groups excluding tert-OH is 1. The highest BCUT2D eigenvalue weighted by Crippen LogP contribution is 2.25. The van der Waals surface area contributed by atoms with Crippen LogP contribution in [0, 0.1) is 0 Å². The topological polar surface area (TPSA) is 70.1 Å². The minimum atomic E-state index is -0.147. The van der Waals surface area contributed by atoms with Gasteiger partial charge in [0, 0.05) is 13.1 Å². The van der Waals surface area contributed by atoms with E-state index in [9.17, 15) is 5.11 Å². The van der Waals surface area contributed by atoms with E-state index in [1.807, 2.05) is 7.05 Å². The first-order valence-electron chi connectivity index (χ1n) is 5.84. The molecule has 1 fully saturated rings. The number of nitrogens with zero attached hydrogens (tertiary/aromatic N) is 2. The molecule has 0 bridgehead atoms. The van der Waals surface area contributed by atoms with Gasteiger partial charge < -0.3 is 15.7 Å². The minimum absolute atomic E-state index is 0.147. The van der Waals surface area contributed by atoms with Crippen molar-refractivity contribution < 1.29 is 5.11 Å². The van der Waals surface area contributed by atoms with E-state index >= 15 is 0 Å². The Hall–Kier alpha value is -1.07. The van der Waals surface area contributed by atoms with Crippen molar-refractivity contribution in [1.29, 1.82) is 0 Å². The average molecular weight is 257 g/mol. The molecule has 1 aromatic heterocycles.